The van der Waals surface area contributed by atoms with E-state index in [2.05, 4.69) is 10.2 Å². The number of para-hydroxylation sites is 1. The molecule has 1 heterocycles. The van der Waals surface area contributed by atoms with Gasteiger partial charge in [-0.2, -0.15) is 5.10 Å². The summed E-state index contributed by atoms with van der Waals surface area (Å²) in [6, 6.07) is 9.79. The largest absolute Gasteiger partial charge is 0.493 e. The summed E-state index contributed by atoms with van der Waals surface area (Å²) in [5.41, 5.74) is 8.30. The molecule has 0 aliphatic heterocycles. The Kier molecular flexibility index (Phi) is 3.22. The van der Waals surface area contributed by atoms with Gasteiger partial charge in [0, 0.05) is 17.8 Å². The lowest BCUT2D eigenvalue weighted by Gasteiger charge is -2.07. The minimum absolute atomic E-state index is 0.462. The average molecular weight is 217 g/mol. The van der Waals surface area contributed by atoms with Crippen molar-refractivity contribution in [2.45, 2.75) is 13.5 Å². The van der Waals surface area contributed by atoms with Crippen LogP contribution in [0.4, 0.5) is 0 Å². The monoisotopic (exact) mass is 217 g/mol. The highest BCUT2D eigenvalue weighted by atomic mass is 16.5. The summed E-state index contributed by atoms with van der Waals surface area (Å²) in [4.78, 5) is 0. The Bertz CT molecular complexity index is 465. The van der Waals surface area contributed by atoms with Gasteiger partial charge in [-0.3, -0.25) is 5.10 Å². The second-order valence-electron chi connectivity index (χ2n) is 3.41. The number of benzene rings is 1. The van der Waals surface area contributed by atoms with Gasteiger partial charge in [0.1, 0.15) is 5.75 Å². The fourth-order valence-corrected chi connectivity index (χ4v) is 1.56. The maximum atomic E-state index is 5.55. The zero-order chi connectivity index (χ0) is 11.4. The lowest BCUT2D eigenvalue weighted by atomic mass is 10.1. The summed E-state index contributed by atoms with van der Waals surface area (Å²) in [7, 11) is 0. The number of nitrogens with two attached hydrogens (primary N) is 1. The van der Waals surface area contributed by atoms with Crippen LogP contribution in [0.25, 0.3) is 11.3 Å². The molecule has 0 radical (unpaired) electrons. The van der Waals surface area contributed by atoms with E-state index >= 15 is 0 Å². The van der Waals surface area contributed by atoms with Crippen LogP contribution in [-0.4, -0.2) is 16.8 Å². The van der Waals surface area contributed by atoms with Crippen molar-refractivity contribution in [1.29, 1.82) is 0 Å². The third-order valence-corrected chi connectivity index (χ3v) is 2.31. The van der Waals surface area contributed by atoms with Crippen molar-refractivity contribution in [2.24, 2.45) is 5.73 Å². The second-order valence-corrected chi connectivity index (χ2v) is 3.41. The fraction of sp³-hybridized carbons (Fsp3) is 0.250. The molecule has 0 aliphatic carbocycles. The maximum absolute atomic E-state index is 5.55. The molecule has 0 bridgehead atoms. The maximum Gasteiger partial charge on any atom is 0.128 e. The van der Waals surface area contributed by atoms with Crippen LogP contribution >= 0.6 is 0 Å². The van der Waals surface area contributed by atoms with Crippen LogP contribution in [-0.2, 0) is 6.54 Å². The van der Waals surface area contributed by atoms with Crippen LogP contribution in [0.3, 0.4) is 0 Å². The highest BCUT2D eigenvalue weighted by molar-refractivity contribution is 5.67. The normalized spacial score (nSPS) is 10.4. The molecule has 2 rings (SSSR count). The van der Waals surface area contributed by atoms with Gasteiger partial charge in [0.05, 0.1) is 12.3 Å². The Morgan fingerprint density at radius 2 is 2.19 bits per heavy atom. The molecule has 0 saturated heterocycles. The Morgan fingerprint density at radius 1 is 1.38 bits per heavy atom. The van der Waals surface area contributed by atoms with E-state index in [-0.39, 0.29) is 0 Å². The van der Waals surface area contributed by atoms with E-state index in [0.717, 1.165) is 22.7 Å². The van der Waals surface area contributed by atoms with Crippen LogP contribution in [0.15, 0.2) is 30.3 Å². The van der Waals surface area contributed by atoms with Crippen molar-refractivity contribution < 1.29 is 4.74 Å². The highest BCUT2D eigenvalue weighted by Gasteiger charge is 2.08. The first-order valence-corrected chi connectivity index (χ1v) is 5.31. The number of hydrogen-bond donors (Lipinski definition) is 2. The van der Waals surface area contributed by atoms with E-state index in [4.69, 9.17) is 10.5 Å². The molecule has 2 aromatic rings. The van der Waals surface area contributed by atoms with Gasteiger partial charge in [-0.05, 0) is 25.1 Å². The summed E-state index contributed by atoms with van der Waals surface area (Å²) in [6.07, 6.45) is 0. The van der Waals surface area contributed by atoms with Crippen molar-refractivity contribution in [3.8, 4) is 17.0 Å². The first-order chi connectivity index (χ1) is 7.85. The van der Waals surface area contributed by atoms with Gasteiger partial charge in [0.25, 0.3) is 0 Å². The topological polar surface area (TPSA) is 63.9 Å². The molecule has 16 heavy (non-hydrogen) atoms. The number of ether oxygens (including phenoxy) is 1. The van der Waals surface area contributed by atoms with Crippen LogP contribution in [0.1, 0.15) is 12.6 Å². The van der Waals surface area contributed by atoms with Crippen molar-refractivity contribution in [2.75, 3.05) is 6.61 Å². The van der Waals surface area contributed by atoms with Gasteiger partial charge in [0.2, 0.25) is 0 Å². The van der Waals surface area contributed by atoms with Gasteiger partial charge in [0.15, 0.2) is 0 Å². The van der Waals surface area contributed by atoms with Crippen LogP contribution in [0.5, 0.6) is 5.75 Å². The van der Waals surface area contributed by atoms with E-state index in [1.54, 1.807) is 0 Å². The molecule has 1 aromatic heterocycles. The lowest BCUT2D eigenvalue weighted by molar-refractivity contribution is 0.341. The van der Waals surface area contributed by atoms with Crippen molar-refractivity contribution in [3.63, 3.8) is 0 Å². The Morgan fingerprint density at radius 3 is 2.88 bits per heavy atom. The number of H-pyrrole nitrogens is 1. The van der Waals surface area contributed by atoms with E-state index in [1.165, 1.54) is 0 Å². The van der Waals surface area contributed by atoms with E-state index < -0.39 is 0 Å². The minimum atomic E-state index is 0.462. The summed E-state index contributed by atoms with van der Waals surface area (Å²) >= 11 is 0. The van der Waals surface area contributed by atoms with Crippen LogP contribution < -0.4 is 10.5 Å². The van der Waals surface area contributed by atoms with Gasteiger partial charge in [-0.1, -0.05) is 12.1 Å². The van der Waals surface area contributed by atoms with Gasteiger partial charge < -0.3 is 10.5 Å². The third kappa shape index (κ3) is 2.06. The fourth-order valence-electron chi connectivity index (χ4n) is 1.56. The summed E-state index contributed by atoms with van der Waals surface area (Å²) < 4.78 is 5.55. The zero-order valence-corrected chi connectivity index (χ0v) is 9.23. The molecule has 3 N–H and O–H groups in total. The quantitative estimate of drug-likeness (QED) is 0.822. The molecule has 4 nitrogen and oxygen atoms in total. The molecule has 0 saturated carbocycles. The summed E-state index contributed by atoms with van der Waals surface area (Å²) in [5.74, 6) is 0.847. The molecular formula is C12H15N3O. The second kappa shape index (κ2) is 4.81. The SMILES string of the molecule is CCOc1ccccc1-c1cc(CN)[nH]n1. The molecule has 0 spiro atoms. The molecule has 84 valence electrons. The first kappa shape index (κ1) is 10.7. The van der Waals surface area contributed by atoms with E-state index in [1.807, 2.05) is 37.3 Å². The molecule has 0 aliphatic rings. The van der Waals surface area contributed by atoms with Crippen molar-refractivity contribution >= 4 is 0 Å². The Hall–Kier alpha value is -1.81. The van der Waals surface area contributed by atoms with Gasteiger partial charge in [-0.15, -0.1) is 0 Å². The number of hydrogen-bond acceptors (Lipinski definition) is 3. The molecule has 0 amide bonds. The predicted molar refractivity (Wildman–Crippen MR) is 63.1 cm³/mol. The smallest absolute Gasteiger partial charge is 0.128 e. The minimum Gasteiger partial charge on any atom is -0.493 e. The number of nitrogens with one attached hydrogen (secondary N) is 1. The molecule has 0 unspecified atom stereocenters. The lowest BCUT2D eigenvalue weighted by Crippen LogP contribution is -1.95. The predicted octanol–water partition coefficient (Wildman–Crippen LogP) is 1.93. The number of aromatic amines is 1. The number of aromatic nitrogens is 2. The molecule has 0 fully saturated rings. The first-order valence-electron chi connectivity index (χ1n) is 5.31. The highest BCUT2D eigenvalue weighted by Crippen LogP contribution is 2.28. The molecule has 1 aromatic carbocycles. The number of nitrogens with zero attached hydrogens (tertiary/aromatic N) is 1. The van der Waals surface area contributed by atoms with Crippen molar-refractivity contribution in [3.05, 3.63) is 36.0 Å². The van der Waals surface area contributed by atoms with Gasteiger partial charge >= 0.3 is 0 Å². The van der Waals surface area contributed by atoms with E-state index in [0.29, 0.717) is 13.2 Å². The van der Waals surface area contributed by atoms with Gasteiger partial charge in [-0.25, -0.2) is 0 Å². The number of rotatable bonds is 4. The third-order valence-electron chi connectivity index (χ3n) is 2.31. The molecule has 4 heteroatoms. The van der Waals surface area contributed by atoms with Crippen LogP contribution in [0, 0.1) is 0 Å². The zero-order valence-electron chi connectivity index (χ0n) is 9.23. The Labute approximate surface area is 94.4 Å². The molecule has 0 atom stereocenters. The Balaban J connectivity index is 2.38. The summed E-state index contributed by atoms with van der Waals surface area (Å²) in [5, 5.41) is 7.11. The molecular weight excluding hydrogens is 202 g/mol. The summed E-state index contributed by atoms with van der Waals surface area (Å²) in [6.45, 7) is 3.07. The standard InChI is InChI=1S/C12H15N3O/c1-2-16-12-6-4-3-5-10(12)11-7-9(8-13)14-15-11/h3-7H,2,8,13H2,1H3,(H,14,15). The van der Waals surface area contributed by atoms with Crippen LogP contribution in [0.2, 0.25) is 0 Å². The average Bonchev–Trinajstić information content (AvgIpc) is 2.79. The van der Waals surface area contributed by atoms with Crippen molar-refractivity contribution in [1.82, 2.24) is 10.2 Å². The van der Waals surface area contributed by atoms with E-state index in [9.17, 15) is 0 Å².